The van der Waals surface area contributed by atoms with E-state index in [9.17, 15) is 21.6 Å². The molecule has 1 aromatic heterocycles. The molecule has 8 heteroatoms. The normalized spacial score (nSPS) is 14.2. The van der Waals surface area contributed by atoms with E-state index in [-0.39, 0.29) is 17.1 Å². The highest BCUT2D eigenvalue weighted by molar-refractivity contribution is 7.88. The molecular weight excluding hydrogens is 355 g/mol. The lowest BCUT2D eigenvalue weighted by Crippen LogP contribution is -2.28. The van der Waals surface area contributed by atoms with Crippen molar-refractivity contribution < 1.29 is 25.8 Å². The first-order chi connectivity index (χ1) is 11.4. The molecule has 0 aliphatic carbocycles. The maximum absolute atomic E-state index is 12.4. The van der Waals surface area contributed by atoms with Crippen molar-refractivity contribution in [3.8, 4) is 5.75 Å². The van der Waals surface area contributed by atoms with Crippen molar-refractivity contribution in [3.05, 3.63) is 59.9 Å². The zero-order valence-corrected chi connectivity index (χ0v) is 14.7. The van der Waals surface area contributed by atoms with Gasteiger partial charge in [-0.15, -0.1) is 0 Å². The first kappa shape index (κ1) is 19.2. The van der Waals surface area contributed by atoms with Crippen LogP contribution in [0.4, 0.5) is 13.2 Å². The summed E-state index contributed by atoms with van der Waals surface area (Å²) in [5.41, 5.74) is -3.81. The average molecular weight is 373 g/mol. The van der Waals surface area contributed by atoms with Gasteiger partial charge in [-0.3, -0.25) is 4.98 Å². The van der Waals surface area contributed by atoms with Crippen LogP contribution in [-0.4, -0.2) is 18.9 Å². The molecule has 0 N–H and O–H groups in total. The van der Waals surface area contributed by atoms with E-state index in [0.29, 0.717) is 0 Å². The van der Waals surface area contributed by atoms with Crippen LogP contribution in [0.3, 0.4) is 0 Å². The molecule has 1 heterocycles. The zero-order valence-electron chi connectivity index (χ0n) is 13.9. The largest absolute Gasteiger partial charge is 0.534 e. The Morgan fingerprint density at radius 2 is 1.40 bits per heavy atom. The van der Waals surface area contributed by atoms with Crippen molar-refractivity contribution in [1.82, 2.24) is 4.98 Å². The van der Waals surface area contributed by atoms with Gasteiger partial charge in [-0.1, -0.05) is 32.9 Å². The average Bonchev–Trinajstić information content (AvgIpc) is 2.47. The van der Waals surface area contributed by atoms with E-state index in [0.717, 1.165) is 11.1 Å². The summed E-state index contributed by atoms with van der Waals surface area (Å²) in [6.45, 7) is 6.11. The van der Waals surface area contributed by atoms with Crippen LogP contribution in [0.15, 0.2) is 48.8 Å². The Morgan fingerprint density at radius 3 is 1.84 bits per heavy atom. The zero-order chi connectivity index (χ0) is 18.9. The highest BCUT2D eigenvalue weighted by atomic mass is 32.2. The number of benzene rings is 1. The van der Waals surface area contributed by atoms with Crippen LogP contribution in [0.5, 0.6) is 5.75 Å². The molecule has 4 nitrogen and oxygen atoms in total. The first-order valence-electron chi connectivity index (χ1n) is 7.42. The molecule has 0 saturated carbocycles. The Labute approximate surface area is 144 Å². The molecule has 2 rings (SSSR count). The van der Waals surface area contributed by atoms with Crippen LogP contribution in [0.1, 0.15) is 37.8 Å². The molecular formula is C17H18F3NO3S. The van der Waals surface area contributed by atoms with Crippen LogP contribution >= 0.6 is 0 Å². The summed E-state index contributed by atoms with van der Waals surface area (Å²) in [6.07, 6.45) is 3.34. The smallest absolute Gasteiger partial charge is 0.376 e. The van der Waals surface area contributed by atoms with Gasteiger partial charge in [0, 0.05) is 18.3 Å². The molecule has 1 unspecified atom stereocenters. The van der Waals surface area contributed by atoms with Crippen LogP contribution in [0.2, 0.25) is 0 Å². The third-order valence-electron chi connectivity index (χ3n) is 3.61. The standard InChI is InChI=1S/C17H18F3NO3S/c1-16(2,3)15(13-8-10-21-11-9-13)12-4-6-14(7-5-12)24-25(22,23)17(18,19)20/h4-11,15H,1-3H3. The molecule has 1 aromatic carbocycles. The van der Waals surface area contributed by atoms with E-state index in [2.05, 4.69) is 9.17 Å². The molecule has 2 aromatic rings. The van der Waals surface area contributed by atoms with Gasteiger partial charge < -0.3 is 4.18 Å². The first-order valence-corrected chi connectivity index (χ1v) is 8.83. The topological polar surface area (TPSA) is 56.3 Å². The molecule has 0 aliphatic heterocycles. The number of rotatable bonds is 4. The summed E-state index contributed by atoms with van der Waals surface area (Å²) < 4.78 is 63.4. The predicted octanol–water partition coefficient (Wildman–Crippen LogP) is 4.49. The highest BCUT2D eigenvalue weighted by Crippen LogP contribution is 2.40. The number of hydrogen-bond acceptors (Lipinski definition) is 4. The van der Waals surface area contributed by atoms with Gasteiger partial charge in [-0.2, -0.15) is 21.6 Å². The summed E-state index contributed by atoms with van der Waals surface area (Å²) in [5, 5.41) is 0. The predicted molar refractivity (Wildman–Crippen MR) is 87.6 cm³/mol. The van der Waals surface area contributed by atoms with Crippen LogP contribution in [-0.2, 0) is 10.1 Å². The van der Waals surface area contributed by atoms with E-state index in [1.165, 1.54) is 12.1 Å². The Balaban J connectivity index is 2.34. The number of hydrogen-bond donors (Lipinski definition) is 0. The molecule has 0 saturated heterocycles. The fourth-order valence-corrected chi connectivity index (χ4v) is 3.10. The number of nitrogens with zero attached hydrogens (tertiary/aromatic N) is 1. The van der Waals surface area contributed by atoms with Gasteiger partial charge >= 0.3 is 15.6 Å². The summed E-state index contributed by atoms with van der Waals surface area (Å²) >= 11 is 0. The van der Waals surface area contributed by atoms with Crippen molar-refractivity contribution >= 4 is 10.1 Å². The summed E-state index contributed by atoms with van der Waals surface area (Å²) in [6, 6.07) is 9.31. The molecule has 0 aliphatic rings. The molecule has 1 atom stereocenters. The molecule has 0 radical (unpaired) electrons. The van der Waals surface area contributed by atoms with Crippen molar-refractivity contribution in [2.75, 3.05) is 0 Å². The number of alkyl halides is 3. The van der Waals surface area contributed by atoms with Gasteiger partial charge in [0.2, 0.25) is 0 Å². The van der Waals surface area contributed by atoms with Crippen molar-refractivity contribution in [1.29, 1.82) is 0 Å². The van der Waals surface area contributed by atoms with Crippen molar-refractivity contribution in [2.45, 2.75) is 32.2 Å². The minimum Gasteiger partial charge on any atom is -0.376 e. The maximum atomic E-state index is 12.4. The van der Waals surface area contributed by atoms with Crippen molar-refractivity contribution in [2.24, 2.45) is 5.41 Å². The van der Waals surface area contributed by atoms with Gasteiger partial charge in [0.25, 0.3) is 0 Å². The highest BCUT2D eigenvalue weighted by Gasteiger charge is 2.48. The van der Waals surface area contributed by atoms with E-state index in [1.54, 1.807) is 24.5 Å². The van der Waals surface area contributed by atoms with Gasteiger partial charge in [0.05, 0.1) is 0 Å². The SMILES string of the molecule is CC(C)(C)C(c1ccncc1)c1ccc(OS(=O)(=O)C(F)(F)F)cc1. The minimum atomic E-state index is -5.67. The Bertz CT molecular complexity index is 811. The quantitative estimate of drug-likeness (QED) is 0.585. The van der Waals surface area contributed by atoms with Gasteiger partial charge in [-0.25, -0.2) is 0 Å². The molecule has 0 fully saturated rings. The fraction of sp³-hybridized carbons (Fsp3) is 0.353. The molecule has 0 spiro atoms. The van der Waals surface area contributed by atoms with Gasteiger partial charge in [-0.05, 0) is 40.8 Å². The second-order valence-electron chi connectivity index (χ2n) is 6.63. The Morgan fingerprint density at radius 1 is 0.920 bits per heavy atom. The lowest BCUT2D eigenvalue weighted by atomic mass is 9.73. The molecule has 25 heavy (non-hydrogen) atoms. The number of aromatic nitrogens is 1. The van der Waals surface area contributed by atoms with Crippen molar-refractivity contribution in [3.63, 3.8) is 0 Å². The number of pyridine rings is 1. The van der Waals surface area contributed by atoms with Crippen LogP contribution in [0, 0.1) is 5.41 Å². The number of halogens is 3. The molecule has 136 valence electrons. The lowest BCUT2D eigenvalue weighted by Gasteiger charge is -2.31. The van der Waals surface area contributed by atoms with Crippen LogP contribution < -0.4 is 4.18 Å². The third kappa shape index (κ3) is 4.50. The fourth-order valence-electron chi connectivity index (χ4n) is 2.64. The monoisotopic (exact) mass is 373 g/mol. The summed E-state index contributed by atoms with van der Waals surface area (Å²) in [4.78, 5) is 3.99. The second-order valence-corrected chi connectivity index (χ2v) is 8.17. The minimum absolute atomic E-state index is 0.0521. The third-order valence-corrected chi connectivity index (χ3v) is 4.59. The van der Waals surface area contributed by atoms with Crippen LogP contribution in [0.25, 0.3) is 0 Å². The van der Waals surface area contributed by atoms with E-state index < -0.39 is 15.6 Å². The summed E-state index contributed by atoms with van der Waals surface area (Å²) in [7, 11) is -5.67. The van der Waals surface area contributed by atoms with E-state index in [1.807, 2.05) is 32.9 Å². The molecule has 0 amide bonds. The maximum Gasteiger partial charge on any atom is 0.534 e. The van der Waals surface area contributed by atoms with Gasteiger partial charge in [0.1, 0.15) is 5.75 Å². The summed E-state index contributed by atoms with van der Waals surface area (Å²) in [5.74, 6) is -0.438. The van der Waals surface area contributed by atoms with E-state index >= 15 is 0 Å². The Kier molecular flexibility index (Phi) is 5.13. The van der Waals surface area contributed by atoms with E-state index in [4.69, 9.17) is 0 Å². The second kappa shape index (κ2) is 6.67. The molecule has 0 bridgehead atoms. The van der Waals surface area contributed by atoms with Gasteiger partial charge in [0.15, 0.2) is 0 Å². The lowest BCUT2D eigenvalue weighted by molar-refractivity contribution is -0.0500. The Hall–Kier alpha value is -2.09.